The summed E-state index contributed by atoms with van der Waals surface area (Å²) in [6.45, 7) is 10.6. The van der Waals surface area contributed by atoms with Crippen molar-refractivity contribution in [2.24, 2.45) is 11.8 Å². The Morgan fingerprint density at radius 3 is 2.45 bits per heavy atom. The lowest BCUT2D eigenvalue weighted by molar-refractivity contribution is 0.0650. The summed E-state index contributed by atoms with van der Waals surface area (Å²) >= 11 is 0. The third-order valence-electron chi connectivity index (χ3n) is 4.75. The molecule has 1 fully saturated rings. The van der Waals surface area contributed by atoms with Gasteiger partial charge in [0.15, 0.2) is 5.78 Å². The lowest BCUT2D eigenvalue weighted by Crippen LogP contribution is -2.47. The van der Waals surface area contributed by atoms with Crippen molar-refractivity contribution >= 4 is 5.78 Å². The SMILES string of the molecule is CCc1ccc(C(=O)CN2CC(C)CC(C)C2C)cc1. The molecule has 1 aliphatic rings. The van der Waals surface area contributed by atoms with E-state index in [9.17, 15) is 4.79 Å². The van der Waals surface area contributed by atoms with E-state index < -0.39 is 0 Å². The van der Waals surface area contributed by atoms with E-state index in [2.05, 4.69) is 44.7 Å². The minimum atomic E-state index is 0.251. The van der Waals surface area contributed by atoms with Gasteiger partial charge in [0, 0.05) is 18.2 Å². The monoisotopic (exact) mass is 273 g/mol. The van der Waals surface area contributed by atoms with Crippen LogP contribution < -0.4 is 0 Å². The van der Waals surface area contributed by atoms with E-state index in [0.717, 1.165) is 18.5 Å². The number of likely N-dealkylation sites (tertiary alicyclic amines) is 1. The minimum absolute atomic E-state index is 0.251. The van der Waals surface area contributed by atoms with Gasteiger partial charge in [0.25, 0.3) is 0 Å². The maximum absolute atomic E-state index is 12.4. The predicted octanol–water partition coefficient (Wildman–Crippen LogP) is 3.80. The van der Waals surface area contributed by atoms with E-state index in [0.29, 0.717) is 24.4 Å². The second-order valence-corrected chi connectivity index (χ2v) is 6.46. The Kier molecular flexibility index (Phi) is 4.98. The molecule has 1 aromatic rings. The number of aryl methyl sites for hydroxylation is 1. The number of carbonyl (C=O) groups is 1. The highest BCUT2D eigenvalue weighted by molar-refractivity contribution is 5.97. The van der Waals surface area contributed by atoms with Crippen molar-refractivity contribution in [2.75, 3.05) is 13.1 Å². The van der Waals surface area contributed by atoms with Crippen molar-refractivity contribution in [3.8, 4) is 0 Å². The number of hydrogen-bond donors (Lipinski definition) is 0. The van der Waals surface area contributed by atoms with Gasteiger partial charge in [-0.3, -0.25) is 9.69 Å². The molecule has 0 N–H and O–H groups in total. The molecule has 110 valence electrons. The summed E-state index contributed by atoms with van der Waals surface area (Å²) in [6, 6.07) is 8.59. The highest BCUT2D eigenvalue weighted by Gasteiger charge is 2.29. The van der Waals surface area contributed by atoms with Gasteiger partial charge in [-0.05, 0) is 37.2 Å². The smallest absolute Gasteiger partial charge is 0.176 e. The molecule has 0 amide bonds. The maximum atomic E-state index is 12.4. The molecular formula is C18H27NO. The van der Waals surface area contributed by atoms with Crippen LogP contribution in [0.3, 0.4) is 0 Å². The summed E-state index contributed by atoms with van der Waals surface area (Å²) in [7, 11) is 0. The van der Waals surface area contributed by atoms with Crippen LogP contribution in [0.2, 0.25) is 0 Å². The fourth-order valence-corrected chi connectivity index (χ4v) is 3.24. The molecule has 0 aliphatic carbocycles. The van der Waals surface area contributed by atoms with Crippen molar-refractivity contribution in [1.82, 2.24) is 4.90 Å². The number of piperidine rings is 1. The number of ketones is 1. The highest BCUT2D eigenvalue weighted by atomic mass is 16.1. The molecule has 2 nitrogen and oxygen atoms in total. The summed E-state index contributed by atoms with van der Waals surface area (Å²) in [5, 5.41) is 0. The van der Waals surface area contributed by atoms with Crippen LogP contribution in [0.25, 0.3) is 0 Å². The third-order valence-corrected chi connectivity index (χ3v) is 4.75. The largest absolute Gasteiger partial charge is 0.293 e. The van der Waals surface area contributed by atoms with Gasteiger partial charge in [-0.1, -0.05) is 45.0 Å². The van der Waals surface area contributed by atoms with Crippen LogP contribution in [0, 0.1) is 11.8 Å². The highest BCUT2D eigenvalue weighted by Crippen LogP contribution is 2.26. The molecule has 0 bridgehead atoms. The molecular weight excluding hydrogens is 246 g/mol. The van der Waals surface area contributed by atoms with Gasteiger partial charge in [0.2, 0.25) is 0 Å². The van der Waals surface area contributed by atoms with Gasteiger partial charge < -0.3 is 0 Å². The van der Waals surface area contributed by atoms with Crippen LogP contribution >= 0.6 is 0 Å². The van der Waals surface area contributed by atoms with Crippen LogP contribution in [0.4, 0.5) is 0 Å². The number of rotatable bonds is 4. The number of hydrogen-bond acceptors (Lipinski definition) is 2. The first-order valence-electron chi connectivity index (χ1n) is 7.87. The van der Waals surface area contributed by atoms with Gasteiger partial charge in [-0.2, -0.15) is 0 Å². The first-order chi connectivity index (χ1) is 9.51. The molecule has 2 rings (SSSR count). The quantitative estimate of drug-likeness (QED) is 0.778. The van der Waals surface area contributed by atoms with Crippen LogP contribution in [0.15, 0.2) is 24.3 Å². The first-order valence-corrected chi connectivity index (χ1v) is 7.87. The Morgan fingerprint density at radius 1 is 1.20 bits per heavy atom. The number of nitrogens with zero attached hydrogens (tertiary/aromatic N) is 1. The first kappa shape index (κ1) is 15.2. The average molecular weight is 273 g/mol. The molecule has 1 aliphatic heterocycles. The molecule has 0 radical (unpaired) electrons. The fourth-order valence-electron chi connectivity index (χ4n) is 3.24. The summed E-state index contributed by atoms with van der Waals surface area (Å²) in [6.07, 6.45) is 2.30. The van der Waals surface area contributed by atoms with Crippen molar-refractivity contribution in [3.63, 3.8) is 0 Å². The van der Waals surface area contributed by atoms with Crippen LogP contribution in [-0.2, 0) is 6.42 Å². The molecule has 3 unspecified atom stereocenters. The topological polar surface area (TPSA) is 20.3 Å². The summed E-state index contributed by atoms with van der Waals surface area (Å²) in [5.74, 6) is 1.62. The molecule has 20 heavy (non-hydrogen) atoms. The molecule has 1 saturated heterocycles. The van der Waals surface area contributed by atoms with Crippen molar-refractivity contribution < 1.29 is 4.79 Å². The standard InChI is InChI=1S/C18H27NO/c1-5-16-6-8-17(9-7-16)18(20)12-19-11-13(2)10-14(3)15(19)4/h6-9,13-15H,5,10-12H2,1-4H3. The average Bonchev–Trinajstić information content (AvgIpc) is 2.44. The van der Waals surface area contributed by atoms with Gasteiger partial charge >= 0.3 is 0 Å². The second-order valence-electron chi connectivity index (χ2n) is 6.46. The summed E-state index contributed by atoms with van der Waals surface area (Å²) in [5.41, 5.74) is 2.13. The Bertz CT molecular complexity index is 451. The maximum Gasteiger partial charge on any atom is 0.176 e. The van der Waals surface area contributed by atoms with E-state index in [1.165, 1.54) is 12.0 Å². The summed E-state index contributed by atoms with van der Waals surface area (Å²) in [4.78, 5) is 14.8. The number of Topliss-reactive ketones (excluding diaryl/α,β-unsaturated/α-hetero) is 1. The summed E-state index contributed by atoms with van der Waals surface area (Å²) < 4.78 is 0. The molecule has 3 atom stereocenters. The van der Waals surface area contributed by atoms with Crippen molar-refractivity contribution in [1.29, 1.82) is 0 Å². The third kappa shape index (κ3) is 3.49. The Morgan fingerprint density at radius 2 is 1.85 bits per heavy atom. The van der Waals surface area contributed by atoms with Gasteiger partial charge in [-0.15, -0.1) is 0 Å². The zero-order chi connectivity index (χ0) is 14.7. The van der Waals surface area contributed by atoms with E-state index in [-0.39, 0.29) is 5.78 Å². The zero-order valence-electron chi connectivity index (χ0n) is 13.2. The lowest BCUT2D eigenvalue weighted by atomic mass is 9.86. The molecule has 1 heterocycles. The molecule has 2 heteroatoms. The van der Waals surface area contributed by atoms with Gasteiger partial charge in [0.05, 0.1) is 6.54 Å². The van der Waals surface area contributed by atoms with E-state index >= 15 is 0 Å². The lowest BCUT2D eigenvalue weighted by Gasteiger charge is -2.40. The Hall–Kier alpha value is -1.15. The molecule has 1 aromatic carbocycles. The van der Waals surface area contributed by atoms with Gasteiger partial charge in [-0.25, -0.2) is 0 Å². The molecule has 0 saturated carbocycles. The number of carbonyl (C=O) groups excluding carboxylic acids is 1. The van der Waals surface area contributed by atoms with Crippen molar-refractivity contribution in [3.05, 3.63) is 35.4 Å². The predicted molar refractivity (Wildman–Crippen MR) is 84.1 cm³/mol. The van der Waals surface area contributed by atoms with E-state index in [1.807, 2.05) is 12.1 Å². The van der Waals surface area contributed by atoms with E-state index in [4.69, 9.17) is 0 Å². The van der Waals surface area contributed by atoms with Crippen LogP contribution in [-0.4, -0.2) is 29.8 Å². The number of benzene rings is 1. The molecule has 0 spiro atoms. The van der Waals surface area contributed by atoms with Crippen LogP contribution in [0.1, 0.15) is 50.0 Å². The van der Waals surface area contributed by atoms with Crippen molar-refractivity contribution in [2.45, 2.75) is 46.6 Å². The van der Waals surface area contributed by atoms with Gasteiger partial charge in [0.1, 0.15) is 0 Å². The zero-order valence-corrected chi connectivity index (χ0v) is 13.2. The molecule has 0 aromatic heterocycles. The minimum Gasteiger partial charge on any atom is -0.293 e. The Labute approximate surface area is 123 Å². The second kappa shape index (κ2) is 6.53. The fraction of sp³-hybridized carbons (Fsp3) is 0.611. The van der Waals surface area contributed by atoms with E-state index in [1.54, 1.807) is 0 Å². The Balaban J connectivity index is 2.02. The van der Waals surface area contributed by atoms with Crippen LogP contribution in [0.5, 0.6) is 0 Å². The normalized spacial score (nSPS) is 27.5.